The van der Waals surface area contributed by atoms with Crippen molar-refractivity contribution in [3.63, 3.8) is 0 Å². The molecule has 0 radical (unpaired) electrons. The first-order valence-electron chi connectivity index (χ1n) is 6.04. The molecule has 1 aliphatic rings. The van der Waals surface area contributed by atoms with Crippen molar-refractivity contribution in [2.45, 2.75) is 39.7 Å². The van der Waals surface area contributed by atoms with Crippen LogP contribution in [0.5, 0.6) is 0 Å². The second-order valence-electron chi connectivity index (χ2n) is 4.90. The Morgan fingerprint density at radius 1 is 1.28 bits per heavy atom. The molecule has 4 heteroatoms. The molecule has 0 saturated carbocycles. The first kappa shape index (κ1) is 12.6. The minimum atomic E-state index is -0.930. The van der Waals surface area contributed by atoms with E-state index in [1.807, 2.05) is 32.9 Å². The summed E-state index contributed by atoms with van der Waals surface area (Å²) in [5, 5.41) is 9.21. The van der Waals surface area contributed by atoms with Crippen molar-refractivity contribution in [3.05, 3.63) is 28.8 Å². The zero-order chi connectivity index (χ0) is 13.4. The topological polar surface area (TPSA) is 57.6 Å². The zero-order valence-corrected chi connectivity index (χ0v) is 10.9. The lowest BCUT2D eigenvalue weighted by atomic mass is 10.0. The van der Waals surface area contributed by atoms with Crippen molar-refractivity contribution < 1.29 is 14.7 Å². The lowest BCUT2D eigenvalue weighted by Gasteiger charge is -2.25. The maximum atomic E-state index is 11.9. The van der Waals surface area contributed by atoms with Crippen LogP contribution in [0.15, 0.2) is 12.1 Å². The van der Waals surface area contributed by atoms with E-state index in [2.05, 4.69) is 0 Å². The molecule has 0 unspecified atom stereocenters. The van der Waals surface area contributed by atoms with Crippen LogP contribution in [0.2, 0.25) is 0 Å². The molecule has 2 rings (SSSR count). The van der Waals surface area contributed by atoms with Gasteiger partial charge in [-0.15, -0.1) is 0 Å². The second-order valence-corrected chi connectivity index (χ2v) is 4.90. The highest BCUT2D eigenvalue weighted by atomic mass is 16.4. The van der Waals surface area contributed by atoms with Gasteiger partial charge in [0.1, 0.15) is 6.04 Å². The molecule has 18 heavy (non-hydrogen) atoms. The molecule has 1 saturated heterocycles. The lowest BCUT2D eigenvalue weighted by molar-refractivity contribution is -0.138. The number of hydrogen-bond acceptors (Lipinski definition) is 2. The van der Waals surface area contributed by atoms with Gasteiger partial charge in [0.25, 0.3) is 0 Å². The Morgan fingerprint density at radius 3 is 2.33 bits per heavy atom. The fraction of sp³-hybridized carbons (Fsp3) is 0.429. The van der Waals surface area contributed by atoms with Gasteiger partial charge < -0.3 is 5.11 Å². The molecule has 4 nitrogen and oxygen atoms in total. The number of rotatable bonds is 2. The summed E-state index contributed by atoms with van der Waals surface area (Å²) in [6.45, 7) is 5.82. The van der Waals surface area contributed by atoms with Gasteiger partial charge in [-0.3, -0.25) is 9.69 Å². The van der Waals surface area contributed by atoms with Crippen molar-refractivity contribution in [2.24, 2.45) is 0 Å². The van der Waals surface area contributed by atoms with Gasteiger partial charge in [0, 0.05) is 6.42 Å². The third-order valence-corrected chi connectivity index (χ3v) is 3.37. The summed E-state index contributed by atoms with van der Waals surface area (Å²) in [6, 6.07) is 3.23. The monoisotopic (exact) mass is 247 g/mol. The molecule has 1 atom stereocenters. The van der Waals surface area contributed by atoms with E-state index in [-0.39, 0.29) is 5.91 Å². The van der Waals surface area contributed by atoms with E-state index in [0.29, 0.717) is 12.8 Å². The minimum Gasteiger partial charge on any atom is -0.480 e. The van der Waals surface area contributed by atoms with Crippen LogP contribution in [0.4, 0.5) is 5.69 Å². The van der Waals surface area contributed by atoms with Crippen LogP contribution in [0.25, 0.3) is 0 Å². The molecule has 1 fully saturated rings. The Balaban J connectivity index is 2.53. The standard InChI is InChI=1S/C14H17NO3/c1-8-6-9(2)13(10(3)7-8)15-11(14(17)18)4-5-12(15)16/h6-7,11H,4-5H2,1-3H3,(H,17,18)/t11-/m0/s1. The fourth-order valence-corrected chi connectivity index (χ4v) is 2.75. The SMILES string of the molecule is Cc1cc(C)c(N2C(=O)CC[C@H]2C(=O)O)c(C)c1. The van der Waals surface area contributed by atoms with Gasteiger partial charge in [0.15, 0.2) is 0 Å². The summed E-state index contributed by atoms with van der Waals surface area (Å²) in [7, 11) is 0. The highest BCUT2D eigenvalue weighted by Crippen LogP contribution is 2.33. The van der Waals surface area contributed by atoms with E-state index in [1.54, 1.807) is 0 Å². The number of hydrogen-bond donors (Lipinski definition) is 1. The summed E-state index contributed by atoms with van der Waals surface area (Å²) in [6.07, 6.45) is 0.699. The van der Waals surface area contributed by atoms with E-state index in [9.17, 15) is 14.7 Å². The molecule has 1 aromatic carbocycles. The average Bonchev–Trinajstić information content (AvgIpc) is 2.59. The van der Waals surface area contributed by atoms with Gasteiger partial charge in [-0.1, -0.05) is 17.7 Å². The number of anilines is 1. The normalized spacial score (nSPS) is 19.4. The Bertz CT molecular complexity index is 499. The van der Waals surface area contributed by atoms with E-state index >= 15 is 0 Å². The molecule has 1 amide bonds. The number of carboxylic acid groups (broad SMARTS) is 1. The second kappa shape index (κ2) is 4.44. The number of carboxylic acids is 1. The lowest BCUT2D eigenvalue weighted by Crippen LogP contribution is -2.39. The third-order valence-electron chi connectivity index (χ3n) is 3.37. The van der Waals surface area contributed by atoms with Gasteiger partial charge in [-0.25, -0.2) is 4.79 Å². The molecule has 1 aliphatic heterocycles. The Kier molecular flexibility index (Phi) is 3.11. The van der Waals surface area contributed by atoms with Crippen molar-refractivity contribution >= 4 is 17.6 Å². The molecule has 96 valence electrons. The van der Waals surface area contributed by atoms with Crippen LogP contribution >= 0.6 is 0 Å². The number of aryl methyl sites for hydroxylation is 3. The van der Waals surface area contributed by atoms with Gasteiger partial charge in [0.2, 0.25) is 5.91 Å². The molecule has 0 bridgehead atoms. The molecule has 1 N–H and O–H groups in total. The van der Waals surface area contributed by atoms with Crippen molar-refractivity contribution in [1.82, 2.24) is 0 Å². The summed E-state index contributed by atoms with van der Waals surface area (Å²) in [5.74, 6) is -1.03. The van der Waals surface area contributed by atoms with Crippen LogP contribution in [-0.4, -0.2) is 23.0 Å². The molecule has 1 heterocycles. The summed E-state index contributed by atoms with van der Waals surface area (Å²) < 4.78 is 0. The summed E-state index contributed by atoms with van der Waals surface area (Å²) in [4.78, 5) is 24.6. The molecule has 0 spiro atoms. The number of nitrogens with zero attached hydrogens (tertiary/aromatic N) is 1. The summed E-state index contributed by atoms with van der Waals surface area (Å²) in [5.41, 5.74) is 3.78. The number of amides is 1. The van der Waals surface area contributed by atoms with Crippen LogP contribution in [0.1, 0.15) is 29.5 Å². The van der Waals surface area contributed by atoms with Crippen LogP contribution in [0.3, 0.4) is 0 Å². The number of carbonyl (C=O) groups is 2. The Morgan fingerprint density at radius 2 is 1.83 bits per heavy atom. The molecular formula is C14H17NO3. The molecule has 1 aromatic rings. The van der Waals surface area contributed by atoms with Crippen molar-refractivity contribution in [3.8, 4) is 0 Å². The maximum Gasteiger partial charge on any atom is 0.326 e. The zero-order valence-electron chi connectivity index (χ0n) is 10.9. The predicted octanol–water partition coefficient (Wildman–Crippen LogP) is 2.19. The van der Waals surface area contributed by atoms with Crippen LogP contribution in [0, 0.1) is 20.8 Å². The average molecular weight is 247 g/mol. The highest BCUT2D eigenvalue weighted by molar-refractivity contribution is 6.03. The predicted molar refractivity (Wildman–Crippen MR) is 68.8 cm³/mol. The fourth-order valence-electron chi connectivity index (χ4n) is 2.75. The van der Waals surface area contributed by atoms with Gasteiger partial charge >= 0.3 is 5.97 Å². The van der Waals surface area contributed by atoms with Crippen molar-refractivity contribution in [1.29, 1.82) is 0 Å². The first-order chi connectivity index (χ1) is 8.41. The third kappa shape index (κ3) is 1.98. The van der Waals surface area contributed by atoms with Crippen LogP contribution < -0.4 is 4.90 Å². The first-order valence-corrected chi connectivity index (χ1v) is 6.04. The molecule has 0 aromatic heterocycles. The van der Waals surface area contributed by atoms with Gasteiger partial charge in [0.05, 0.1) is 5.69 Å². The van der Waals surface area contributed by atoms with Gasteiger partial charge in [-0.2, -0.15) is 0 Å². The number of aliphatic carboxylic acids is 1. The van der Waals surface area contributed by atoms with E-state index in [0.717, 1.165) is 22.4 Å². The highest BCUT2D eigenvalue weighted by Gasteiger charge is 2.38. The smallest absolute Gasteiger partial charge is 0.326 e. The molecular weight excluding hydrogens is 230 g/mol. The Labute approximate surface area is 106 Å². The van der Waals surface area contributed by atoms with Gasteiger partial charge in [-0.05, 0) is 38.3 Å². The Hall–Kier alpha value is -1.84. The van der Waals surface area contributed by atoms with E-state index < -0.39 is 12.0 Å². The maximum absolute atomic E-state index is 11.9. The largest absolute Gasteiger partial charge is 0.480 e. The number of benzene rings is 1. The van der Waals surface area contributed by atoms with Crippen molar-refractivity contribution in [2.75, 3.05) is 4.90 Å². The van der Waals surface area contributed by atoms with E-state index in [1.165, 1.54) is 4.90 Å². The summed E-state index contributed by atoms with van der Waals surface area (Å²) >= 11 is 0. The van der Waals surface area contributed by atoms with Crippen LogP contribution in [-0.2, 0) is 9.59 Å². The molecule has 0 aliphatic carbocycles. The minimum absolute atomic E-state index is 0.0996. The quantitative estimate of drug-likeness (QED) is 0.871. The van der Waals surface area contributed by atoms with E-state index in [4.69, 9.17) is 0 Å². The number of carbonyl (C=O) groups excluding carboxylic acids is 1.